The fraction of sp³-hybridized carbons (Fsp3) is 0.250. The summed E-state index contributed by atoms with van der Waals surface area (Å²) in [5.74, 6) is 0. The Morgan fingerprint density at radius 3 is 2.12 bits per heavy atom. The molecule has 0 atom stereocenters. The second-order valence-corrected chi connectivity index (χ2v) is 6.93. The summed E-state index contributed by atoms with van der Waals surface area (Å²) in [6.45, 7) is 7.09. The first kappa shape index (κ1) is 20.8. The van der Waals surface area contributed by atoms with Crippen molar-refractivity contribution in [3.8, 4) is 0 Å². The number of benzene rings is 2. The first-order valence-electron chi connectivity index (χ1n) is 6.95. The van der Waals surface area contributed by atoms with E-state index in [1.807, 2.05) is 13.8 Å². The number of hydrogen-bond donors (Lipinski definition) is 1. The molecule has 2 N–H and O–H groups in total. The summed E-state index contributed by atoms with van der Waals surface area (Å²) in [7, 11) is -4.63. The van der Waals surface area contributed by atoms with Gasteiger partial charge < -0.3 is 10.3 Å². The quantitative estimate of drug-likeness (QED) is 0.381. The summed E-state index contributed by atoms with van der Waals surface area (Å²) in [5.41, 5.74) is 10.0. The standard InChI is InChI=1S/C16H19N3O3S.Na/c1-9-5-12(4)16(15(6-9)23(20,21)22)19-18-14-8-10(2)13(17)7-11(14)3;/h5-8H,17H2,1-4H3,(H,20,21,22);/q;+1/p-1. The van der Waals surface area contributed by atoms with Crippen LogP contribution in [-0.2, 0) is 10.1 Å². The number of nitrogens with two attached hydrogens (primary N) is 1. The van der Waals surface area contributed by atoms with Gasteiger partial charge in [0, 0.05) is 5.69 Å². The minimum atomic E-state index is -4.63. The fourth-order valence-electron chi connectivity index (χ4n) is 2.27. The predicted octanol–water partition coefficient (Wildman–Crippen LogP) is 0.826. The largest absolute Gasteiger partial charge is 1.00 e. The average Bonchev–Trinajstić information content (AvgIpc) is 2.41. The number of aryl methyl sites for hydroxylation is 4. The first-order valence-corrected chi connectivity index (χ1v) is 8.36. The number of nitrogens with zero attached hydrogens (tertiary/aromatic N) is 2. The summed E-state index contributed by atoms with van der Waals surface area (Å²) < 4.78 is 34.4. The minimum Gasteiger partial charge on any atom is -0.744 e. The molecule has 0 bridgehead atoms. The van der Waals surface area contributed by atoms with Crippen LogP contribution in [0.15, 0.2) is 39.4 Å². The van der Waals surface area contributed by atoms with Crippen LogP contribution in [0.2, 0.25) is 0 Å². The van der Waals surface area contributed by atoms with Gasteiger partial charge in [-0.15, -0.1) is 5.11 Å². The van der Waals surface area contributed by atoms with Crippen LogP contribution in [0.4, 0.5) is 17.1 Å². The second-order valence-electron chi connectivity index (χ2n) is 5.58. The molecule has 0 aliphatic carbocycles. The topological polar surface area (TPSA) is 108 Å². The Morgan fingerprint density at radius 1 is 0.917 bits per heavy atom. The molecule has 0 spiro atoms. The Bertz CT molecular complexity index is 909. The van der Waals surface area contributed by atoms with Gasteiger partial charge in [-0.25, -0.2) is 8.42 Å². The zero-order valence-corrected chi connectivity index (χ0v) is 17.2. The van der Waals surface area contributed by atoms with Crippen molar-refractivity contribution in [2.24, 2.45) is 10.2 Å². The van der Waals surface area contributed by atoms with Crippen molar-refractivity contribution in [2.75, 3.05) is 5.73 Å². The third kappa shape index (κ3) is 4.64. The van der Waals surface area contributed by atoms with Gasteiger partial charge in [-0.1, -0.05) is 6.07 Å². The van der Waals surface area contributed by atoms with Crippen molar-refractivity contribution in [1.82, 2.24) is 0 Å². The Kier molecular flexibility index (Phi) is 6.72. The molecule has 0 saturated carbocycles. The molecule has 0 fully saturated rings. The first-order chi connectivity index (χ1) is 10.6. The summed E-state index contributed by atoms with van der Waals surface area (Å²) in [6.07, 6.45) is 0. The molecule has 2 rings (SSSR count). The molecule has 0 saturated heterocycles. The predicted molar refractivity (Wildman–Crippen MR) is 88.4 cm³/mol. The maximum absolute atomic E-state index is 11.5. The molecule has 0 unspecified atom stereocenters. The van der Waals surface area contributed by atoms with Crippen LogP contribution in [0.3, 0.4) is 0 Å². The van der Waals surface area contributed by atoms with E-state index in [9.17, 15) is 13.0 Å². The van der Waals surface area contributed by atoms with E-state index in [-0.39, 0.29) is 40.1 Å². The van der Waals surface area contributed by atoms with Gasteiger partial charge >= 0.3 is 29.6 Å². The van der Waals surface area contributed by atoms with Crippen LogP contribution in [0.1, 0.15) is 22.3 Å². The molecule has 0 aliphatic heterocycles. The minimum absolute atomic E-state index is 0. The molecular formula is C16H18N3NaO3S. The van der Waals surface area contributed by atoms with Gasteiger partial charge in [0.15, 0.2) is 0 Å². The van der Waals surface area contributed by atoms with Crippen LogP contribution >= 0.6 is 0 Å². The molecule has 6 nitrogen and oxygen atoms in total. The molecule has 2 aromatic carbocycles. The van der Waals surface area contributed by atoms with Gasteiger partial charge in [0.25, 0.3) is 0 Å². The Hall–Kier alpha value is -1.25. The molecule has 2 aromatic rings. The smallest absolute Gasteiger partial charge is 0.744 e. The van der Waals surface area contributed by atoms with Crippen molar-refractivity contribution in [3.63, 3.8) is 0 Å². The van der Waals surface area contributed by atoms with Gasteiger partial charge in [-0.3, -0.25) is 0 Å². The molecule has 0 heterocycles. The third-order valence-electron chi connectivity index (χ3n) is 3.52. The number of rotatable bonds is 3. The van der Waals surface area contributed by atoms with E-state index >= 15 is 0 Å². The zero-order chi connectivity index (χ0) is 17.4. The molecule has 0 amide bonds. The molecule has 122 valence electrons. The summed E-state index contributed by atoms with van der Waals surface area (Å²) in [4.78, 5) is -0.358. The van der Waals surface area contributed by atoms with E-state index < -0.39 is 10.1 Å². The SMILES string of the molecule is Cc1cc(C)c(N=Nc2cc(C)c(N)cc2C)c(S(=O)(=O)[O-])c1.[Na+]. The normalized spacial score (nSPS) is 11.5. The summed E-state index contributed by atoms with van der Waals surface area (Å²) in [6, 6.07) is 6.61. The van der Waals surface area contributed by atoms with Gasteiger partial charge in [0.2, 0.25) is 0 Å². The Morgan fingerprint density at radius 2 is 1.54 bits per heavy atom. The zero-order valence-electron chi connectivity index (χ0n) is 14.4. The van der Waals surface area contributed by atoms with Crippen LogP contribution in [0.25, 0.3) is 0 Å². The van der Waals surface area contributed by atoms with Crippen molar-refractivity contribution in [1.29, 1.82) is 0 Å². The van der Waals surface area contributed by atoms with Crippen molar-refractivity contribution >= 4 is 27.2 Å². The number of hydrogen-bond acceptors (Lipinski definition) is 6. The molecule has 24 heavy (non-hydrogen) atoms. The molecule has 8 heteroatoms. The number of azo groups is 1. The maximum Gasteiger partial charge on any atom is 1.00 e. The van der Waals surface area contributed by atoms with E-state index in [1.54, 1.807) is 32.0 Å². The summed E-state index contributed by atoms with van der Waals surface area (Å²) in [5, 5.41) is 8.13. The number of anilines is 1. The van der Waals surface area contributed by atoms with Gasteiger partial charge in [0.05, 0.1) is 10.6 Å². The van der Waals surface area contributed by atoms with Crippen LogP contribution < -0.4 is 35.3 Å². The van der Waals surface area contributed by atoms with Crippen molar-refractivity contribution in [2.45, 2.75) is 32.6 Å². The van der Waals surface area contributed by atoms with E-state index in [1.165, 1.54) is 6.07 Å². The summed E-state index contributed by atoms with van der Waals surface area (Å²) >= 11 is 0. The van der Waals surface area contributed by atoms with Crippen molar-refractivity contribution < 1.29 is 42.5 Å². The Balaban J connectivity index is 0.00000288. The van der Waals surface area contributed by atoms with E-state index in [0.29, 0.717) is 22.5 Å². The van der Waals surface area contributed by atoms with Crippen LogP contribution in [0.5, 0.6) is 0 Å². The second kappa shape index (κ2) is 7.76. The maximum atomic E-state index is 11.5. The number of nitrogen functional groups attached to an aromatic ring is 1. The third-order valence-corrected chi connectivity index (χ3v) is 4.37. The molecule has 0 radical (unpaired) electrons. The van der Waals surface area contributed by atoms with Gasteiger partial charge in [0.1, 0.15) is 15.8 Å². The van der Waals surface area contributed by atoms with Crippen LogP contribution in [-0.4, -0.2) is 13.0 Å². The monoisotopic (exact) mass is 355 g/mol. The van der Waals surface area contributed by atoms with Gasteiger partial charge in [-0.2, -0.15) is 5.11 Å². The van der Waals surface area contributed by atoms with Crippen molar-refractivity contribution in [3.05, 3.63) is 46.5 Å². The molecule has 0 aliphatic rings. The van der Waals surface area contributed by atoms with Gasteiger partial charge in [-0.05, 0) is 68.1 Å². The molecular weight excluding hydrogens is 337 g/mol. The average molecular weight is 355 g/mol. The Labute approximate surface area is 164 Å². The fourth-order valence-corrected chi connectivity index (χ4v) is 3.04. The van der Waals surface area contributed by atoms with E-state index in [2.05, 4.69) is 10.2 Å². The van der Waals surface area contributed by atoms with Crippen LogP contribution in [0, 0.1) is 27.7 Å². The van der Waals surface area contributed by atoms with E-state index in [0.717, 1.165) is 11.1 Å². The van der Waals surface area contributed by atoms with E-state index in [4.69, 9.17) is 5.73 Å². The molecule has 0 aromatic heterocycles.